The Hall–Kier alpha value is -6.94. The minimum atomic E-state index is -0.881. The minimum Gasteiger partial charge on any atom is -0.494 e. The molecule has 0 aliphatic rings. The van der Waals surface area contributed by atoms with Crippen LogP contribution in [0.25, 0.3) is 44.5 Å². The van der Waals surface area contributed by atoms with Crippen LogP contribution in [0.2, 0.25) is 0 Å². The van der Waals surface area contributed by atoms with Gasteiger partial charge in [-0.1, -0.05) is 137 Å². The molecule has 0 aliphatic heterocycles. The lowest BCUT2D eigenvalue weighted by Crippen LogP contribution is -2.03. The molecule has 7 rings (SSSR count). The average molecular weight is 1040 g/mol. The van der Waals surface area contributed by atoms with Crippen molar-refractivity contribution in [3.8, 4) is 79.0 Å². The summed E-state index contributed by atoms with van der Waals surface area (Å²) in [6.45, 7) is 7.89. The fourth-order valence-corrected chi connectivity index (χ4v) is 8.90. The molecule has 0 saturated carbocycles. The second kappa shape index (κ2) is 31.2. The van der Waals surface area contributed by atoms with Crippen LogP contribution >= 0.6 is 0 Å². The first kappa shape index (κ1) is 56.8. The summed E-state index contributed by atoms with van der Waals surface area (Å²) in [5.74, 6) is 0.752. The second-order valence-electron chi connectivity index (χ2n) is 19.2. The van der Waals surface area contributed by atoms with Crippen LogP contribution < -0.4 is 28.4 Å². The highest BCUT2D eigenvalue weighted by Gasteiger charge is 2.18. The zero-order valence-corrected chi connectivity index (χ0v) is 44.4. The summed E-state index contributed by atoms with van der Waals surface area (Å²) < 4.78 is 97.1. The summed E-state index contributed by atoms with van der Waals surface area (Å²) in [6.07, 6.45) is 16.4. The Bertz CT molecular complexity index is 2590. The molecule has 7 aromatic rings. The van der Waals surface area contributed by atoms with Gasteiger partial charge in [-0.05, 0) is 147 Å². The van der Waals surface area contributed by atoms with Gasteiger partial charge in [-0.25, -0.2) is 17.6 Å². The molecule has 0 fully saturated rings. The van der Waals surface area contributed by atoms with E-state index in [0.29, 0.717) is 73.4 Å². The molecule has 0 spiro atoms. The molecule has 0 aromatic heterocycles. The molecule has 0 N–H and O–H groups in total. The fraction of sp³-hybridized carbons (Fsp3) is 0.364. The van der Waals surface area contributed by atoms with Gasteiger partial charge in [0.05, 0.1) is 39.6 Å². The Morgan fingerprint density at radius 2 is 0.474 bits per heavy atom. The molecule has 7 aromatic carbocycles. The van der Waals surface area contributed by atoms with Gasteiger partial charge >= 0.3 is 0 Å². The normalized spacial score (nSPS) is 11.1. The van der Waals surface area contributed by atoms with Gasteiger partial charge in [0.2, 0.25) is 0 Å². The van der Waals surface area contributed by atoms with Gasteiger partial charge in [-0.3, -0.25) is 0 Å². The molecular weight excluding hydrogens is 965 g/mol. The predicted molar refractivity (Wildman–Crippen MR) is 299 cm³/mol. The number of para-hydroxylation sites is 2. The summed E-state index contributed by atoms with van der Waals surface area (Å²) in [5, 5.41) is 0. The van der Waals surface area contributed by atoms with E-state index in [1.54, 1.807) is 121 Å². The van der Waals surface area contributed by atoms with E-state index in [1.165, 1.54) is 25.7 Å². The van der Waals surface area contributed by atoms with Crippen molar-refractivity contribution in [2.45, 2.75) is 117 Å². The molecule has 0 radical (unpaired) electrons. The summed E-state index contributed by atoms with van der Waals surface area (Å²) >= 11 is 0. The smallest absolute Gasteiger partial charge is 0.167 e. The van der Waals surface area contributed by atoms with E-state index in [-0.39, 0.29) is 22.3 Å². The van der Waals surface area contributed by atoms with E-state index >= 15 is 17.6 Å². The Kier molecular flexibility index (Phi) is 23.3. The van der Waals surface area contributed by atoms with Crippen molar-refractivity contribution in [1.29, 1.82) is 0 Å². The Morgan fingerprint density at radius 1 is 0.250 bits per heavy atom. The summed E-state index contributed by atoms with van der Waals surface area (Å²) in [5.41, 5.74) is 3.15. The molecular formula is C66H74F4O6. The lowest BCUT2D eigenvalue weighted by molar-refractivity contribution is 0.254. The zero-order chi connectivity index (χ0) is 53.2. The molecule has 0 saturated heterocycles. The molecule has 0 amide bonds. The highest BCUT2D eigenvalue weighted by Crippen LogP contribution is 2.35. The second-order valence-corrected chi connectivity index (χ2v) is 19.2. The van der Waals surface area contributed by atoms with E-state index in [4.69, 9.17) is 28.4 Å². The average Bonchev–Trinajstić information content (AvgIpc) is 3.46. The van der Waals surface area contributed by atoms with Gasteiger partial charge in [0.25, 0.3) is 0 Å². The van der Waals surface area contributed by atoms with E-state index in [2.05, 4.69) is 13.8 Å². The third-order valence-electron chi connectivity index (χ3n) is 13.3. The van der Waals surface area contributed by atoms with Crippen LogP contribution in [0, 0.1) is 23.3 Å². The van der Waals surface area contributed by atoms with E-state index in [9.17, 15) is 0 Å². The topological polar surface area (TPSA) is 55.4 Å². The SMILES string of the molecule is CCCCCCOc1ccc(-c2ccc(-c3ccc(OCCCCCCOc4ccccc4OCCCCCCOc4ccc(-c5ccc(-c6ccc(OCCCCCC)cc6)c(F)c5F)cc4)cc3)c(F)c2F)cc1. The summed E-state index contributed by atoms with van der Waals surface area (Å²) in [6, 6.07) is 42.7. The van der Waals surface area contributed by atoms with Gasteiger partial charge < -0.3 is 28.4 Å². The van der Waals surface area contributed by atoms with Gasteiger partial charge in [0.15, 0.2) is 34.8 Å². The quantitative estimate of drug-likeness (QED) is 0.0296. The van der Waals surface area contributed by atoms with E-state index < -0.39 is 23.3 Å². The molecule has 0 aliphatic carbocycles. The van der Waals surface area contributed by atoms with Gasteiger partial charge in [-0.15, -0.1) is 0 Å². The maximum absolute atomic E-state index is 15.4. The lowest BCUT2D eigenvalue weighted by atomic mass is 9.98. The molecule has 0 atom stereocenters. The lowest BCUT2D eigenvalue weighted by Gasteiger charge is -2.13. The summed E-state index contributed by atoms with van der Waals surface area (Å²) in [7, 11) is 0. The molecule has 0 heterocycles. The number of hydrogen-bond donors (Lipinski definition) is 0. The first-order valence-electron chi connectivity index (χ1n) is 27.6. The predicted octanol–water partition coefficient (Wildman–Crippen LogP) is 18.9. The molecule has 0 bridgehead atoms. The van der Waals surface area contributed by atoms with Crippen LogP contribution in [0.5, 0.6) is 34.5 Å². The number of halogens is 4. The van der Waals surface area contributed by atoms with Crippen molar-refractivity contribution in [3.63, 3.8) is 0 Å². The van der Waals surface area contributed by atoms with E-state index in [1.807, 2.05) is 24.3 Å². The highest BCUT2D eigenvalue weighted by atomic mass is 19.2. The zero-order valence-electron chi connectivity index (χ0n) is 44.4. The van der Waals surface area contributed by atoms with Crippen molar-refractivity contribution >= 4 is 0 Å². The van der Waals surface area contributed by atoms with Crippen LogP contribution in [-0.2, 0) is 0 Å². The third-order valence-corrected chi connectivity index (χ3v) is 13.3. The maximum atomic E-state index is 15.4. The van der Waals surface area contributed by atoms with Crippen molar-refractivity contribution in [1.82, 2.24) is 0 Å². The molecule has 0 unspecified atom stereocenters. The third kappa shape index (κ3) is 17.3. The molecule has 10 heteroatoms. The van der Waals surface area contributed by atoms with Crippen molar-refractivity contribution in [2.24, 2.45) is 0 Å². The van der Waals surface area contributed by atoms with Gasteiger partial charge in [-0.2, -0.15) is 0 Å². The van der Waals surface area contributed by atoms with E-state index in [0.717, 1.165) is 100 Å². The standard InChI is InChI=1S/C66H74F4O6/c1-3-5-7-15-43-71-53-31-23-49(24-32-53)57-39-41-59(65(69)63(57)67)51-27-35-55(36-28-51)73-45-17-9-11-19-47-75-61-21-13-14-22-62(61)76-48-20-12-10-18-46-74-56-37-29-52(30-38-56)60-42-40-58(64(68)66(60)70)50-25-33-54(34-26-50)72-44-16-8-6-4-2/h13-14,21-42H,3-12,15-20,43-48H2,1-2H3. The van der Waals surface area contributed by atoms with Crippen LogP contribution in [0.3, 0.4) is 0 Å². The molecule has 76 heavy (non-hydrogen) atoms. The van der Waals surface area contributed by atoms with Crippen LogP contribution in [0.4, 0.5) is 17.6 Å². The van der Waals surface area contributed by atoms with Gasteiger partial charge in [0.1, 0.15) is 23.0 Å². The van der Waals surface area contributed by atoms with Crippen molar-refractivity contribution in [2.75, 3.05) is 39.6 Å². The number of ether oxygens (including phenoxy) is 6. The number of rotatable bonds is 34. The molecule has 402 valence electrons. The summed E-state index contributed by atoms with van der Waals surface area (Å²) in [4.78, 5) is 0. The number of benzene rings is 7. The first-order chi connectivity index (χ1) is 37.3. The maximum Gasteiger partial charge on any atom is 0.167 e. The first-order valence-corrected chi connectivity index (χ1v) is 27.6. The monoisotopic (exact) mass is 1040 g/mol. The minimum absolute atomic E-state index is 0.199. The van der Waals surface area contributed by atoms with Crippen molar-refractivity contribution in [3.05, 3.63) is 169 Å². The number of hydrogen-bond acceptors (Lipinski definition) is 6. The number of unbranched alkanes of at least 4 members (excludes halogenated alkanes) is 12. The Labute approximate surface area is 448 Å². The van der Waals surface area contributed by atoms with Crippen LogP contribution in [0.15, 0.2) is 146 Å². The Balaban J connectivity index is 0.725. The van der Waals surface area contributed by atoms with Crippen LogP contribution in [0.1, 0.15) is 117 Å². The fourth-order valence-electron chi connectivity index (χ4n) is 8.90. The largest absolute Gasteiger partial charge is 0.494 e. The molecule has 6 nitrogen and oxygen atoms in total. The Morgan fingerprint density at radius 3 is 0.711 bits per heavy atom. The highest BCUT2D eigenvalue weighted by molar-refractivity contribution is 5.74. The van der Waals surface area contributed by atoms with Crippen LogP contribution in [-0.4, -0.2) is 39.6 Å². The van der Waals surface area contributed by atoms with Crippen molar-refractivity contribution < 1.29 is 46.0 Å². The van der Waals surface area contributed by atoms with Gasteiger partial charge in [0, 0.05) is 22.3 Å².